The molecule has 7 nitrogen and oxygen atoms in total. The maximum Gasteiger partial charge on any atom is 0.272 e. The predicted octanol–water partition coefficient (Wildman–Crippen LogP) is 0.653. The molecule has 0 aliphatic carbocycles. The number of amides is 2. The minimum Gasteiger partial charge on any atom is -0.337 e. The van der Waals surface area contributed by atoms with E-state index >= 15 is 0 Å². The van der Waals surface area contributed by atoms with Crippen molar-refractivity contribution in [1.82, 2.24) is 25.4 Å². The van der Waals surface area contributed by atoms with Crippen molar-refractivity contribution in [2.24, 2.45) is 11.8 Å². The maximum atomic E-state index is 13.9. The van der Waals surface area contributed by atoms with Gasteiger partial charge >= 0.3 is 0 Å². The molecule has 1 aromatic heterocycles. The molecule has 9 heteroatoms. The van der Waals surface area contributed by atoms with E-state index in [4.69, 9.17) is 0 Å². The van der Waals surface area contributed by atoms with Crippen LogP contribution in [-0.2, 0) is 4.79 Å². The third-order valence-corrected chi connectivity index (χ3v) is 6.10. The Labute approximate surface area is 162 Å². The van der Waals surface area contributed by atoms with Crippen LogP contribution in [-0.4, -0.2) is 71.3 Å². The first-order valence-electron chi connectivity index (χ1n) is 9.74. The molecule has 5 unspecified atom stereocenters. The van der Waals surface area contributed by atoms with E-state index in [1.54, 1.807) is 11.8 Å². The first kappa shape index (κ1) is 19.2. The molecular weight excluding hydrogens is 368 g/mol. The van der Waals surface area contributed by atoms with E-state index in [0.29, 0.717) is 19.5 Å². The number of pyridine rings is 1. The fraction of sp³-hybridized carbons (Fsp3) is 0.632. The van der Waals surface area contributed by atoms with E-state index in [-0.39, 0.29) is 35.4 Å². The summed E-state index contributed by atoms with van der Waals surface area (Å²) >= 11 is 0. The van der Waals surface area contributed by atoms with Crippen molar-refractivity contribution in [3.05, 3.63) is 29.3 Å². The summed E-state index contributed by atoms with van der Waals surface area (Å²) in [6.07, 6.45) is -1.36. The zero-order valence-electron chi connectivity index (χ0n) is 16.0. The highest BCUT2D eigenvalue weighted by atomic mass is 19.1. The van der Waals surface area contributed by atoms with Gasteiger partial charge in [-0.3, -0.25) is 19.8 Å². The molecule has 28 heavy (non-hydrogen) atoms. The predicted molar refractivity (Wildman–Crippen MR) is 97.4 cm³/mol. The van der Waals surface area contributed by atoms with Crippen LogP contribution in [0.4, 0.5) is 8.78 Å². The van der Waals surface area contributed by atoms with E-state index in [0.717, 1.165) is 13.1 Å². The summed E-state index contributed by atoms with van der Waals surface area (Å²) in [7, 11) is 0. The molecule has 3 fully saturated rings. The Bertz CT molecular complexity index is 778. The number of carbonyl (C=O) groups excluding carboxylic acids is 2. The van der Waals surface area contributed by atoms with Gasteiger partial charge in [-0.1, -0.05) is 6.92 Å². The molecule has 0 spiro atoms. The Morgan fingerprint density at radius 2 is 1.93 bits per heavy atom. The lowest BCUT2D eigenvalue weighted by Crippen LogP contribution is -2.67. The van der Waals surface area contributed by atoms with Gasteiger partial charge in [-0.05, 0) is 37.3 Å². The molecule has 1 aromatic rings. The SMILES string of the molecule is CCC1NC(N2CC3CN(C(=O)c4ccc(F)c(C)n4)CC3C2)NC(=O)C1F. The molecule has 0 bridgehead atoms. The Morgan fingerprint density at radius 1 is 1.25 bits per heavy atom. The zero-order valence-corrected chi connectivity index (χ0v) is 16.0. The number of rotatable bonds is 3. The van der Waals surface area contributed by atoms with Crippen LogP contribution in [0.25, 0.3) is 0 Å². The average molecular weight is 393 g/mol. The molecule has 3 saturated heterocycles. The topological polar surface area (TPSA) is 77.6 Å². The monoisotopic (exact) mass is 393 g/mol. The molecule has 0 aromatic carbocycles. The smallest absolute Gasteiger partial charge is 0.272 e. The van der Waals surface area contributed by atoms with Gasteiger partial charge in [-0.2, -0.15) is 0 Å². The number of aromatic nitrogens is 1. The molecule has 0 radical (unpaired) electrons. The van der Waals surface area contributed by atoms with E-state index in [9.17, 15) is 18.4 Å². The Balaban J connectivity index is 1.37. The van der Waals surface area contributed by atoms with Crippen LogP contribution in [0.3, 0.4) is 0 Å². The zero-order chi connectivity index (χ0) is 20.0. The molecule has 3 aliphatic rings. The number of nitrogens with zero attached hydrogens (tertiary/aromatic N) is 3. The largest absolute Gasteiger partial charge is 0.337 e. The van der Waals surface area contributed by atoms with Crippen molar-refractivity contribution in [3.8, 4) is 0 Å². The van der Waals surface area contributed by atoms with Gasteiger partial charge in [0, 0.05) is 26.2 Å². The number of likely N-dealkylation sites (tertiary alicyclic amines) is 2. The van der Waals surface area contributed by atoms with Crippen LogP contribution in [0.2, 0.25) is 0 Å². The van der Waals surface area contributed by atoms with Gasteiger partial charge in [-0.15, -0.1) is 0 Å². The Kier molecular flexibility index (Phi) is 5.05. The average Bonchev–Trinajstić information content (AvgIpc) is 3.24. The van der Waals surface area contributed by atoms with Crippen molar-refractivity contribution >= 4 is 11.8 Å². The van der Waals surface area contributed by atoms with Gasteiger partial charge in [0.05, 0.1) is 11.7 Å². The number of fused-ring (bicyclic) bond motifs is 1. The number of hydrogen-bond acceptors (Lipinski definition) is 5. The van der Waals surface area contributed by atoms with Gasteiger partial charge in [0.2, 0.25) is 0 Å². The van der Waals surface area contributed by atoms with Gasteiger partial charge in [-0.25, -0.2) is 13.8 Å². The van der Waals surface area contributed by atoms with Gasteiger partial charge in [0.25, 0.3) is 11.8 Å². The standard InChI is InChI=1S/C19H25F2N5O2/c1-3-14-16(21)17(27)24-19(23-14)26-8-11-6-25(7-12(11)9-26)18(28)15-5-4-13(20)10(2)22-15/h4-5,11-12,14,16,19,23H,3,6-9H2,1-2H3,(H,24,27). The molecule has 152 valence electrons. The Morgan fingerprint density at radius 3 is 2.54 bits per heavy atom. The summed E-state index contributed by atoms with van der Waals surface area (Å²) in [6.45, 7) is 6.03. The highest BCUT2D eigenvalue weighted by Gasteiger charge is 2.46. The molecule has 4 rings (SSSR count). The second kappa shape index (κ2) is 7.36. The highest BCUT2D eigenvalue weighted by molar-refractivity contribution is 5.92. The van der Waals surface area contributed by atoms with E-state index in [1.165, 1.54) is 12.1 Å². The number of halogens is 2. The second-order valence-electron chi connectivity index (χ2n) is 7.94. The fourth-order valence-electron chi connectivity index (χ4n) is 4.48. The number of carbonyl (C=O) groups is 2. The summed E-state index contributed by atoms with van der Waals surface area (Å²) in [5.41, 5.74) is 0.476. The second-order valence-corrected chi connectivity index (χ2v) is 7.94. The van der Waals surface area contributed by atoms with Gasteiger partial charge in [0.1, 0.15) is 17.8 Å². The number of aryl methyl sites for hydroxylation is 1. The van der Waals surface area contributed by atoms with Crippen LogP contribution >= 0.6 is 0 Å². The van der Waals surface area contributed by atoms with Crippen molar-refractivity contribution in [2.75, 3.05) is 26.2 Å². The summed E-state index contributed by atoms with van der Waals surface area (Å²) in [5.74, 6) is -0.602. The molecule has 2 amide bonds. The number of nitrogens with one attached hydrogen (secondary N) is 2. The lowest BCUT2D eigenvalue weighted by molar-refractivity contribution is -0.133. The molecular formula is C19H25F2N5O2. The summed E-state index contributed by atoms with van der Waals surface area (Å²) < 4.78 is 27.3. The van der Waals surface area contributed by atoms with Crippen molar-refractivity contribution in [3.63, 3.8) is 0 Å². The molecule has 3 aliphatic heterocycles. The summed E-state index contributed by atoms with van der Waals surface area (Å²) in [5, 5.41) is 5.89. The van der Waals surface area contributed by atoms with E-state index < -0.39 is 23.9 Å². The summed E-state index contributed by atoms with van der Waals surface area (Å²) in [4.78, 5) is 32.5. The van der Waals surface area contributed by atoms with Crippen molar-refractivity contribution in [2.45, 2.75) is 38.8 Å². The number of hydrogen-bond donors (Lipinski definition) is 2. The van der Waals surface area contributed by atoms with Crippen molar-refractivity contribution < 1.29 is 18.4 Å². The minimum atomic E-state index is -1.52. The fourth-order valence-corrected chi connectivity index (χ4v) is 4.48. The van der Waals surface area contributed by atoms with Crippen LogP contribution in [0.1, 0.15) is 29.5 Å². The van der Waals surface area contributed by atoms with Crippen LogP contribution < -0.4 is 10.6 Å². The maximum absolute atomic E-state index is 13.9. The third kappa shape index (κ3) is 3.37. The van der Waals surface area contributed by atoms with Crippen molar-refractivity contribution in [1.29, 1.82) is 0 Å². The number of alkyl halides is 1. The van der Waals surface area contributed by atoms with Crippen LogP contribution in [0, 0.1) is 24.6 Å². The lowest BCUT2D eigenvalue weighted by atomic mass is 10.0. The first-order chi connectivity index (χ1) is 13.4. The normalized spacial score (nSPS) is 33.1. The first-order valence-corrected chi connectivity index (χ1v) is 9.74. The minimum absolute atomic E-state index is 0.181. The summed E-state index contributed by atoms with van der Waals surface area (Å²) in [6, 6.07) is 2.21. The third-order valence-electron chi connectivity index (χ3n) is 6.10. The van der Waals surface area contributed by atoms with E-state index in [1.807, 2.05) is 6.92 Å². The van der Waals surface area contributed by atoms with Gasteiger partial charge in [0.15, 0.2) is 6.17 Å². The molecule has 4 heterocycles. The molecule has 5 atom stereocenters. The van der Waals surface area contributed by atoms with Crippen LogP contribution in [0.15, 0.2) is 12.1 Å². The van der Waals surface area contributed by atoms with E-state index in [2.05, 4.69) is 20.5 Å². The Hall–Kier alpha value is -2.13. The molecule has 2 N–H and O–H groups in total. The molecule has 0 saturated carbocycles. The quantitative estimate of drug-likeness (QED) is 0.789. The van der Waals surface area contributed by atoms with Gasteiger partial charge < -0.3 is 10.2 Å². The van der Waals surface area contributed by atoms with Crippen LogP contribution in [0.5, 0.6) is 0 Å². The highest BCUT2D eigenvalue weighted by Crippen LogP contribution is 2.32. The lowest BCUT2D eigenvalue weighted by Gasteiger charge is -2.38.